The van der Waals surface area contributed by atoms with Crippen LogP contribution in [0.5, 0.6) is 0 Å². The van der Waals surface area contributed by atoms with E-state index in [-0.39, 0.29) is 0 Å². The third kappa shape index (κ3) is 8.29. The zero-order chi connectivity index (χ0) is 10.1. The molecule has 1 nitrogen and oxygen atoms in total. The zero-order valence-corrected chi connectivity index (χ0v) is 9.68. The highest BCUT2D eigenvalue weighted by atomic mass is 14.5. The molecule has 0 aliphatic rings. The van der Waals surface area contributed by atoms with Gasteiger partial charge in [-0.25, -0.2) is 0 Å². The molecule has 0 amide bonds. The molecule has 80 valence electrons. The van der Waals surface area contributed by atoms with Crippen LogP contribution in [-0.4, -0.2) is 6.54 Å². The average Bonchev–Trinajstić information content (AvgIpc) is 2.11. The van der Waals surface area contributed by atoms with E-state index >= 15 is 0 Å². The summed E-state index contributed by atoms with van der Waals surface area (Å²) >= 11 is 0. The smallest absolute Gasteiger partial charge is 0.00772 e. The van der Waals surface area contributed by atoms with Gasteiger partial charge in [0.1, 0.15) is 0 Å². The minimum Gasteiger partial charge on any atom is -0.330 e. The third-order valence-electron chi connectivity index (χ3n) is 2.76. The summed E-state index contributed by atoms with van der Waals surface area (Å²) in [7, 11) is 0. The van der Waals surface area contributed by atoms with Crippen LogP contribution in [0.4, 0.5) is 0 Å². The molecule has 2 atom stereocenters. The Morgan fingerprint density at radius 2 is 1.54 bits per heavy atom. The van der Waals surface area contributed by atoms with Gasteiger partial charge in [0.05, 0.1) is 0 Å². The van der Waals surface area contributed by atoms with Crippen molar-refractivity contribution in [1.29, 1.82) is 0 Å². The molecule has 0 saturated heterocycles. The second-order valence-corrected chi connectivity index (χ2v) is 4.52. The van der Waals surface area contributed by atoms with Crippen molar-refractivity contribution in [1.82, 2.24) is 0 Å². The van der Waals surface area contributed by atoms with E-state index in [2.05, 4.69) is 20.8 Å². The number of nitrogens with two attached hydrogens (primary N) is 1. The molecule has 0 aromatic carbocycles. The quantitative estimate of drug-likeness (QED) is 0.614. The Labute approximate surface area is 84.1 Å². The van der Waals surface area contributed by atoms with Crippen molar-refractivity contribution in [3.05, 3.63) is 0 Å². The lowest BCUT2D eigenvalue weighted by atomic mass is 9.90. The lowest BCUT2D eigenvalue weighted by molar-refractivity contribution is 0.366. The van der Waals surface area contributed by atoms with Crippen LogP contribution in [-0.2, 0) is 0 Å². The number of unbranched alkanes of at least 4 members (excludes halogenated alkanes) is 1. The van der Waals surface area contributed by atoms with Crippen LogP contribution in [0.25, 0.3) is 0 Å². The number of rotatable bonds is 8. The first-order chi connectivity index (χ1) is 6.20. The first kappa shape index (κ1) is 13.0. The molecule has 0 aromatic rings. The van der Waals surface area contributed by atoms with Gasteiger partial charge in [-0.05, 0) is 37.6 Å². The first-order valence-electron chi connectivity index (χ1n) is 5.90. The van der Waals surface area contributed by atoms with Crippen LogP contribution in [0, 0.1) is 11.8 Å². The summed E-state index contributed by atoms with van der Waals surface area (Å²) in [6.07, 6.45) is 8.03. The lowest BCUT2D eigenvalue weighted by Crippen LogP contribution is -2.06. The van der Waals surface area contributed by atoms with Gasteiger partial charge in [0.2, 0.25) is 0 Å². The molecule has 0 bridgehead atoms. The van der Waals surface area contributed by atoms with Crippen LogP contribution in [0.1, 0.15) is 59.3 Å². The molecule has 0 heterocycles. The van der Waals surface area contributed by atoms with E-state index < -0.39 is 0 Å². The SMILES string of the molecule is CCCCC(C)CC(C)CCCN. The summed E-state index contributed by atoms with van der Waals surface area (Å²) in [6.45, 7) is 7.87. The molecule has 2 N–H and O–H groups in total. The van der Waals surface area contributed by atoms with Gasteiger partial charge in [-0.15, -0.1) is 0 Å². The summed E-state index contributed by atoms with van der Waals surface area (Å²) in [4.78, 5) is 0. The van der Waals surface area contributed by atoms with E-state index in [0.29, 0.717) is 0 Å². The topological polar surface area (TPSA) is 26.0 Å². The van der Waals surface area contributed by atoms with E-state index in [0.717, 1.165) is 18.4 Å². The Balaban J connectivity index is 3.35. The maximum atomic E-state index is 5.49. The molecule has 0 spiro atoms. The molecular weight excluding hydrogens is 158 g/mol. The van der Waals surface area contributed by atoms with Crippen LogP contribution < -0.4 is 5.73 Å². The van der Waals surface area contributed by atoms with Gasteiger partial charge in [0.15, 0.2) is 0 Å². The molecule has 2 unspecified atom stereocenters. The highest BCUT2D eigenvalue weighted by molar-refractivity contribution is 4.60. The van der Waals surface area contributed by atoms with Crippen LogP contribution in [0.3, 0.4) is 0 Å². The Morgan fingerprint density at radius 3 is 2.00 bits per heavy atom. The molecule has 0 aliphatic carbocycles. The molecular formula is C12H27N. The summed E-state index contributed by atoms with van der Waals surface area (Å²) in [5, 5.41) is 0. The Kier molecular flexibility index (Phi) is 8.53. The summed E-state index contributed by atoms with van der Waals surface area (Å²) < 4.78 is 0. The second-order valence-electron chi connectivity index (χ2n) is 4.52. The van der Waals surface area contributed by atoms with Crippen molar-refractivity contribution < 1.29 is 0 Å². The maximum Gasteiger partial charge on any atom is -0.00772 e. The maximum absolute atomic E-state index is 5.49. The highest BCUT2D eigenvalue weighted by Gasteiger charge is 2.07. The lowest BCUT2D eigenvalue weighted by Gasteiger charge is -2.16. The minimum absolute atomic E-state index is 0.855. The monoisotopic (exact) mass is 185 g/mol. The summed E-state index contributed by atoms with van der Waals surface area (Å²) in [5.41, 5.74) is 5.49. The van der Waals surface area contributed by atoms with Gasteiger partial charge < -0.3 is 5.73 Å². The van der Waals surface area contributed by atoms with Gasteiger partial charge in [0, 0.05) is 0 Å². The van der Waals surface area contributed by atoms with Crippen LogP contribution in [0.2, 0.25) is 0 Å². The fourth-order valence-corrected chi connectivity index (χ4v) is 1.94. The molecule has 0 aliphatic heterocycles. The van der Waals surface area contributed by atoms with E-state index in [1.54, 1.807) is 0 Å². The summed E-state index contributed by atoms with van der Waals surface area (Å²) in [6, 6.07) is 0. The van der Waals surface area contributed by atoms with Crippen molar-refractivity contribution in [2.24, 2.45) is 17.6 Å². The van der Waals surface area contributed by atoms with E-state index in [1.807, 2.05) is 0 Å². The fraction of sp³-hybridized carbons (Fsp3) is 1.00. The standard InChI is InChI=1S/C12H27N/c1-4-5-7-11(2)10-12(3)8-6-9-13/h11-12H,4-10,13H2,1-3H3. The zero-order valence-electron chi connectivity index (χ0n) is 9.68. The van der Waals surface area contributed by atoms with Crippen molar-refractivity contribution in [3.63, 3.8) is 0 Å². The molecule has 0 radical (unpaired) electrons. The molecule has 1 heteroatoms. The van der Waals surface area contributed by atoms with Crippen molar-refractivity contribution in [2.75, 3.05) is 6.54 Å². The molecule has 0 aromatic heterocycles. The van der Waals surface area contributed by atoms with Gasteiger partial charge >= 0.3 is 0 Å². The minimum atomic E-state index is 0.855. The van der Waals surface area contributed by atoms with Gasteiger partial charge in [0.25, 0.3) is 0 Å². The number of hydrogen-bond acceptors (Lipinski definition) is 1. The normalized spacial score (nSPS) is 15.7. The predicted molar refractivity (Wildman–Crippen MR) is 60.8 cm³/mol. The molecule has 0 rings (SSSR count). The Morgan fingerprint density at radius 1 is 1.00 bits per heavy atom. The van der Waals surface area contributed by atoms with Crippen molar-refractivity contribution >= 4 is 0 Å². The Hall–Kier alpha value is -0.0400. The second kappa shape index (κ2) is 8.55. The fourth-order valence-electron chi connectivity index (χ4n) is 1.94. The number of hydrogen-bond donors (Lipinski definition) is 1. The van der Waals surface area contributed by atoms with Crippen LogP contribution in [0.15, 0.2) is 0 Å². The van der Waals surface area contributed by atoms with E-state index in [9.17, 15) is 0 Å². The van der Waals surface area contributed by atoms with Gasteiger partial charge in [-0.2, -0.15) is 0 Å². The van der Waals surface area contributed by atoms with Crippen molar-refractivity contribution in [2.45, 2.75) is 59.3 Å². The average molecular weight is 185 g/mol. The van der Waals surface area contributed by atoms with Gasteiger partial charge in [-0.1, -0.05) is 40.0 Å². The molecule has 0 saturated carbocycles. The molecule has 13 heavy (non-hydrogen) atoms. The largest absolute Gasteiger partial charge is 0.330 e. The van der Waals surface area contributed by atoms with E-state index in [1.165, 1.54) is 38.5 Å². The van der Waals surface area contributed by atoms with E-state index in [4.69, 9.17) is 5.73 Å². The highest BCUT2D eigenvalue weighted by Crippen LogP contribution is 2.20. The Bertz CT molecular complexity index is 89.3. The predicted octanol–water partition coefficient (Wildman–Crippen LogP) is 3.58. The van der Waals surface area contributed by atoms with Crippen molar-refractivity contribution in [3.8, 4) is 0 Å². The first-order valence-corrected chi connectivity index (χ1v) is 5.90. The van der Waals surface area contributed by atoms with Gasteiger partial charge in [-0.3, -0.25) is 0 Å². The molecule has 0 fully saturated rings. The van der Waals surface area contributed by atoms with Crippen LogP contribution >= 0.6 is 0 Å². The third-order valence-corrected chi connectivity index (χ3v) is 2.76. The summed E-state index contributed by atoms with van der Waals surface area (Å²) in [5.74, 6) is 1.78.